The molecule has 0 radical (unpaired) electrons. The van der Waals surface area contributed by atoms with Crippen molar-refractivity contribution in [1.82, 2.24) is 29.9 Å². The Hall–Kier alpha value is -5.10. The van der Waals surface area contributed by atoms with Gasteiger partial charge in [0, 0.05) is 11.1 Å². The summed E-state index contributed by atoms with van der Waals surface area (Å²) >= 11 is 0. The van der Waals surface area contributed by atoms with Gasteiger partial charge < -0.3 is 0 Å². The molecule has 0 spiro atoms. The van der Waals surface area contributed by atoms with Crippen LogP contribution in [0.1, 0.15) is 28.9 Å². The summed E-state index contributed by atoms with van der Waals surface area (Å²) in [7, 11) is 0. The van der Waals surface area contributed by atoms with Crippen LogP contribution >= 0.6 is 0 Å². The SMILES string of the molecule is Cc1nc(C)nc(-c2cccc(-c3cccc(-c4cccc(-c5cc(-c6nc(C)nc(C)n6)ccc5C)c4)c3)c2)n1. The van der Waals surface area contributed by atoms with Gasteiger partial charge in [-0.15, -0.1) is 0 Å². The van der Waals surface area contributed by atoms with E-state index in [9.17, 15) is 0 Å². The second kappa shape index (κ2) is 10.8. The van der Waals surface area contributed by atoms with Gasteiger partial charge in [0.05, 0.1) is 0 Å². The van der Waals surface area contributed by atoms with Crippen LogP contribution in [0, 0.1) is 34.6 Å². The van der Waals surface area contributed by atoms with Crippen molar-refractivity contribution < 1.29 is 0 Å². The van der Waals surface area contributed by atoms with Gasteiger partial charge in [-0.2, -0.15) is 0 Å². The van der Waals surface area contributed by atoms with E-state index in [0.29, 0.717) is 11.6 Å². The van der Waals surface area contributed by atoms with Gasteiger partial charge in [0.2, 0.25) is 0 Å². The normalized spacial score (nSPS) is 11.0. The molecule has 6 rings (SSSR count). The molecule has 0 aliphatic carbocycles. The van der Waals surface area contributed by atoms with E-state index >= 15 is 0 Å². The number of nitrogens with zero attached hydrogens (tertiary/aromatic N) is 6. The average molecular weight is 535 g/mol. The Morgan fingerprint density at radius 1 is 0.341 bits per heavy atom. The predicted molar refractivity (Wildman–Crippen MR) is 164 cm³/mol. The summed E-state index contributed by atoms with van der Waals surface area (Å²) in [5, 5.41) is 0. The lowest BCUT2D eigenvalue weighted by Gasteiger charge is -2.12. The van der Waals surface area contributed by atoms with Gasteiger partial charge in [-0.05, 0) is 97.8 Å². The van der Waals surface area contributed by atoms with E-state index in [0.717, 1.165) is 67.8 Å². The number of hydrogen-bond donors (Lipinski definition) is 0. The zero-order valence-electron chi connectivity index (χ0n) is 23.8. The first-order valence-electron chi connectivity index (χ1n) is 13.6. The zero-order chi connectivity index (χ0) is 28.5. The summed E-state index contributed by atoms with van der Waals surface area (Å²) in [4.78, 5) is 26.9. The summed E-state index contributed by atoms with van der Waals surface area (Å²) in [5.74, 6) is 4.28. The lowest BCUT2D eigenvalue weighted by Crippen LogP contribution is -1.99. The Kier molecular flexibility index (Phi) is 6.89. The third kappa shape index (κ3) is 5.63. The molecule has 0 aliphatic rings. The highest BCUT2D eigenvalue weighted by Gasteiger charge is 2.11. The molecule has 0 N–H and O–H groups in total. The van der Waals surface area contributed by atoms with Crippen molar-refractivity contribution in [3.05, 3.63) is 120 Å². The van der Waals surface area contributed by atoms with Gasteiger partial charge in [0.1, 0.15) is 23.3 Å². The summed E-state index contributed by atoms with van der Waals surface area (Å²) in [5.41, 5.74) is 10.0. The minimum atomic E-state index is 0.695. The lowest BCUT2D eigenvalue weighted by molar-refractivity contribution is 0.928. The van der Waals surface area contributed by atoms with Gasteiger partial charge in [-0.1, -0.05) is 66.7 Å². The van der Waals surface area contributed by atoms with E-state index in [1.807, 2.05) is 33.8 Å². The van der Waals surface area contributed by atoms with Gasteiger partial charge in [-0.25, -0.2) is 29.9 Å². The Balaban J connectivity index is 1.36. The Morgan fingerprint density at radius 2 is 0.707 bits per heavy atom. The van der Waals surface area contributed by atoms with Crippen molar-refractivity contribution in [1.29, 1.82) is 0 Å². The Bertz CT molecular complexity index is 1870. The van der Waals surface area contributed by atoms with Crippen molar-refractivity contribution in [3.63, 3.8) is 0 Å². The van der Waals surface area contributed by atoms with Crippen LogP contribution in [0.25, 0.3) is 56.2 Å². The van der Waals surface area contributed by atoms with E-state index in [1.54, 1.807) is 0 Å². The average Bonchev–Trinajstić information content (AvgIpc) is 2.97. The van der Waals surface area contributed by atoms with E-state index in [-0.39, 0.29) is 0 Å². The molecule has 0 saturated heterocycles. The molecule has 6 nitrogen and oxygen atoms in total. The highest BCUT2D eigenvalue weighted by Crippen LogP contribution is 2.33. The molecule has 0 fully saturated rings. The first-order valence-corrected chi connectivity index (χ1v) is 13.6. The number of hydrogen-bond acceptors (Lipinski definition) is 6. The molecular formula is C35H30N6. The molecule has 4 aromatic carbocycles. The summed E-state index contributed by atoms with van der Waals surface area (Å²) in [6.45, 7) is 9.73. The monoisotopic (exact) mass is 534 g/mol. The molecule has 2 aromatic heterocycles. The third-order valence-electron chi connectivity index (χ3n) is 7.04. The van der Waals surface area contributed by atoms with Crippen molar-refractivity contribution in [3.8, 4) is 56.2 Å². The fourth-order valence-electron chi connectivity index (χ4n) is 5.14. The number of rotatable bonds is 5. The Morgan fingerprint density at radius 3 is 1.20 bits per heavy atom. The number of aromatic nitrogens is 6. The molecule has 0 aliphatic heterocycles. The van der Waals surface area contributed by atoms with Crippen LogP contribution in [0.3, 0.4) is 0 Å². The zero-order valence-corrected chi connectivity index (χ0v) is 23.8. The van der Waals surface area contributed by atoms with Crippen LogP contribution in [0.5, 0.6) is 0 Å². The molecule has 6 aromatic rings. The summed E-state index contributed by atoms with van der Waals surface area (Å²) in [6.07, 6.45) is 0. The topological polar surface area (TPSA) is 77.3 Å². The van der Waals surface area contributed by atoms with Gasteiger partial charge in [0.15, 0.2) is 11.6 Å². The number of aryl methyl sites for hydroxylation is 5. The Labute approximate surface area is 240 Å². The second-order valence-electron chi connectivity index (χ2n) is 10.3. The van der Waals surface area contributed by atoms with E-state index in [1.165, 1.54) is 5.56 Å². The maximum atomic E-state index is 4.57. The van der Waals surface area contributed by atoms with Crippen LogP contribution in [-0.4, -0.2) is 29.9 Å². The van der Waals surface area contributed by atoms with E-state index < -0.39 is 0 Å². The third-order valence-corrected chi connectivity index (χ3v) is 7.04. The first kappa shape index (κ1) is 26.1. The molecule has 0 saturated carbocycles. The quantitative estimate of drug-likeness (QED) is 0.223. The molecule has 0 bridgehead atoms. The maximum Gasteiger partial charge on any atom is 0.163 e. The molecule has 200 valence electrons. The highest BCUT2D eigenvalue weighted by atomic mass is 15.0. The standard InChI is InChI=1S/C35H30N6/c1-21-15-16-32(35-40-24(4)37-25(5)41-35)20-33(21)30-13-7-11-28(18-30)26-9-6-10-27(17-26)29-12-8-14-31(19-29)34-38-22(2)36-23(3)39-34/h6-20H,1-5H3. The van der Waals surface area contributed by atoms with Crippen LogP contribution in [0.4, 0.5) is 0 Å². The highest BCUT2D eigenvalue weighted by molar-refractivity contribution is 5.80. The van der Waals surface area contributed by atoms with Crippen LogP contribution < -0.4 is 0 Å². The summed E-state index contributed by atoms with van der Waals surface area (Å²) < 4.78 is 0. The lowest BCUT2D eigenvalue weighted by atomic mass is 9.93. The summed E-state index contributed by atoms with van der Waals surface area (Å²) in [6, 6.07) is 32.1. The fourth-order valence-corrected chi connectivity index (χ4v) is 5.14. The molecule has 0 atom stereocenters. The molecule has 0 unspecified atom stereocenters. The minimum Gasteiger partial charge on any atom is -0.219 e. The predicted octanol–water partition coefficient (Wildman–Crippen LogP) is 7.93. The molecule has 6 heteroatoms. The largest absolute Gasteiger partial charge is 0.219 e. The fraction of sp³-hybridized carbons (Fsp3) is 0.143. The first-order chi connectivity index (χ1) is 19.8. The van der Waals surface area contributed by atoms with Crippen molar-refractivity contribution in [2.45, 2.75) is 34.6 Å². The molecule has 2 heterocycles. The van der Waals surface area contributed by atoms with Gasteiger partial charge in [-0.3, -0.25) is 0 Å². The van der Waals surface area contributed by atoms with Gasteiger partial charge >= 0.3 is 0 Å². The van der Waals surface area contributed by atoms with E-state index in [2.05, 4.69) is 122 Å². The van der Waals surface area contributed by atoms with Crippen molar-refractivity contribution >= 4 is 0 Å². The van der Waals surface area contributed by atoms with Crippen LogP contribution in [0.15, 0.2) is 91.0 Å². The van der Waals surface area contributed by atoms with Crippen molar-refractivity contribution in [2.75, 3.05) is 0 Å². The van der Waals surface area contributed by atoms with Crippen LogP contribution in [-0.2, 0) is 0 Å². The van der Waals surface area contributed by atoms with Crippen molar-refractivity contribution in [2.24, 2.45) is 0 Å². The maximum absolute atomic E-state index is 4.57. The molecular weight excluding hydrogens is 504 g/mol. The second-order valence-corrected chi connectivity index (χ2v) is 10.3. The smallest absolute Gasteiger partial charge is 0.163 e. The minimum absolute atomic E-state index is 0.695. The van der Waals surface area contributed by atoms with E-state index in [4.69, 9.17) is 0 Å². The number of benzene rings is 4. The molecule has 0 amide bonds. The van der Waals surface area contributed by atoms with Crippen LogP contribution in [0.2, 0.25) is 0 Å². The van der Waals surface area contributed by atoms with Gasteiger partial charge in [0.25, 0.3) is 0 Å². The molecule has 41 heavy (non-hydrogen) atoms.